The molecule has 2 N–H and O–H groups in total. The van der Waals surface area contributed by atoms with Gasteiger partial charge in [0.05, 0.1) is 0 Å². The molecule has 0 aliphatic heterocycles. The largest absolute Gasteiger partial charge is 0.615 e. The van der Waals surface area contributed by atoms with Crippen molar-refractivity contribution in [3.05, 3.63) is 35.9 Å². The average Bonchev–Trinajstić information content (AvgIpc) is 2.46. The van der Waals surface area contributed by atoms with Crippen LogP contribution in [0.3, 0.4) is 0 Å². The molecule has 0 aromatic heterocycles. The second-order valence-corrected chi connectivity index (χ2v) is 6.03. The molecule has 112 valence electrons. The summed E-state index contributed by atoms with van der Waals surface area (Å²) in [7, 11) is -3.07. The van der Waals surface area contributed by atoms with Gasteiger partial charge >= 0.3 is 8.97 Å². The van der Waals surface area contributed by atoms with Crippen LogP contribution in [0.15, 0.2) is 30.3 Å². The maximum Gasteiger partial charge on any atom is 0.615 e. The summed E-state index contributed by atoms with van der Waals surface area (Å²) in [6, 6.07) is 8.90. The highest BCUT2D eigenvalue weighted by atomic mass is 28.4. The Hall–Kier alpha value is -1.25. The van der Waals surface area contributed by atoms with Gasteiger partial charge < -0.3 is 13.3 Å². The van der Waals surface area contributed by atoms with Gasteiger partial charge in [-0.15, -0.1) is 0 Å². The number of amides is 1. The zero-order chi connectivity index (χ0) is 14.8. The summed E-state index contributed by atoms with van der Waals surface area (Å²) in [6.07, 6.45) is 0. The first kappa shape index (κ1) is 16.8. The predicted molar refractivity (Wildman–Crippen MR) is 77.7 cm³/mol. The quantitative estimate of drug-likeness (QED) is 0.534. The fourth-order valence-corrected chi connectivity index (χ4v) is 3.47. The first-order valence-electron chi connectivity index (χ1n) is 6.71. The van der Waals surface area contributed by atoms with Gasteiger partial charge in [0.15, 0.2) is 0 Å². The first-order chi connectivity index (χ1) is 9.67. The highest BCUT2D eigenvalue weighted by Gasteiger charge is 2.42. The Labute approximate surface area is 120 Å². The van der Waals surface area contributed by atoms with Gasteiger partial charge in [-0.2, -0.15) is 5.09 Å². The Morgan fingerprint density at radius 2 is 1.50 bits per heavy atom. The standard InChI is InChI=1S/C13H22N2O4Si/c1-4-17-20(18-5-2,19-6-3)15-14-13(16)12-10-8-7-9-11-12/h7-11,15H,4-6H2,1-3H3,(H,14,16). The van der Waals surface area contributed by atoms with E-state index in [9.17, 15) is 4.79 Å². The van der Waals surface area contributed by atoms with Crippen LogP contribution in [-0.4, -0.2) is 34.7 Å². The van der Waals surface area contributed by atoms with E-state index in [2.05, 4.69) is 10.5 Å². The van der Waals surface area contributed by atoms with E-state index in [1.54, 1.807) is 24.3 Å². The van der Waals surface area contributed by atoms with Crippen molar-refractivity contribution in [1.82, 2.24) is 10.5 Å². The number of benzene rings is 1. The third kappa shape index (κ3) is 5.03. The molecular weight excluding hydrogens is 276 g/mol. The van der Waals surface area contributed by atoms with Crippen LogP contribution in [-0.2, 0) is 13.3 Å². The molecule has 0 fully saturated rings. The third-order valence-electron chi connectivity index (χ3n) is 2.37. The number of nitrogens with one attached hydrogen (secondary N) is 2. The molecule has 0 spiro atoms. The summed E-state index contributed by atoms with van der Waals surface area (Å²) in [5, 5.41) is 2.81. The molecule has 0 radical (unpaired) electrons. The van der Waals surface area contributed by atoms with Crippen molar-refractivity contribution in [3.8, 4) is 0 Å². The minimum Gasteiger partial charge on any atom is -0.360 e. The summed E-state index contributed by atoms with van der Waals surface area (Å²) >= 11 is 0. The molecule has 0 heterocycles. The first-order valence-corrected chi connectivity index (χ1v) is 8.44. The number of hydrogen-bond donors (Lipinski definition) is 2. The fraction of sp³-hybridized carbons (Fsp3) is 0.462. The molecule has 1 aromatic carbocycles. The maximum atomic E-state index is 12.0. The number of hydrogen-bond acceptors (Lipinski definition) is 5. The van der Waals surface area contributed by atoms with Crippen molar-refractivity contribution in [1.29, 1.82) is 0 Å². The molecular formula is C13H22N2O4Si. The van der Waals surface area contributed by atoms with E-state index in [0.717, 1.165) is 0 Å². The number of carbonyl (C=O) groups is 1. The van der Waals surface area contributed by atoms with E-state index in [0.29, 0.717) is 25.4 Å². The topological polar surface area (TPSA) is 68.8 Å². The van der Waals surface area contributed by atoms with Crippen LogP contribution < -0.4 is 10.5 Å². The lowest BCUT2D eigenvalue weighted by Crippen LogP contribution is -2.64. The molecule has 20 heavy (non-hydrogen) atoms. The van der Waals surface area contributed by atoms with E-state index in [1.165, 1.54) is 0 Å². The van der Waals surface area contributed by atoms with E-state index in [1.807, 2.05) is 26.8 Å². The van der Waals surface area contributed by atoms with Crippen molar-refractivity contribution in [3.63, 3.8) is 0 Å². The van der Waals surface area contributed by atoms with E-state index >= 15 is 0 Å². The number of carbonyl (C=O) groups excluding carboxylic acids is 1. The van der Waals surface area contributed by atoms with Crippen molar-refractivity contribution < 1.29 is 18.1 Å². The van der Waals surface area contributed by atoms with E-state index in [-0.39, 0.29) is 5.91 Å². The van der Waals surface area contributed by atoms with Gasteiger partial charge in [-0.3, -0.25) is 10.2 Å². The Morgan fingerprint density at radius 1 is 1.00 bits per heavy atom. The maximum absolute atomic E-state index is 12.0. The Morgan fingerprint density at radius 3 is 1.95 bits per heavy atom. The molecule has 0 unspecified atom stereocenters. The Kier molecular flexibility index (Phi) is 7.41. The lowest BCUT2D eigenvalue weighted by Gasteiger charge is -2.28. The van der Waals surface area contributed by atoms with Crippen LogP contribution in [0.1, 0.15) is 31.1 Å². The van der Waals surface area contributed by atoms with Gasteiger partial charge in [0.1, 0.15) is 0 Å². The number of hydrazine groups is 1. The van der Waals surface area contributed by atoms with Gasteiger partial charge in [0.25, 0.3) is 5.91 Å². The minimum absolute atomic E-state index is 0.262. The molecule has 0 aliphatic rings. The smallest absolute Gasteiger partial charge is 0.360 e. The molecule has 1 rings (SSSR count). The van der Waals surface area contributed by atoms with Crippen LogP contribution in [0.25, 0.3) is 0 Å². The van der Waals surface area contributed by atoms with Crippen LogP contribution in [0, 0.1) is 0 Å². The van der Waals surface area contributed by atoms with Gasteiger partial charge in [-0.1, -0.05) is 18.2 Å². The Balaban J connectivity index is 2.67. The van der Waals surface area contributed by atoms with Crippen LogP contribution in [0.2, 0.25) is 0 Å². The average molecular weight is 298 g/mol. The van der Waals surface area contributed by atoms with Crippen molar-refractivity contribution in [2.75, 3.05) is 19.8 Å². The summed E-state index contributed by atoms with van der Waals surface area (Å²) < 4.78 is 16.7. The summed E-state index contributed by atoms with van der Waals surface area (Å²) in [4.78, 5) is 12.0. The van der Waals surface area contributed by atoms with Gasteiger partial charge in [0, 0.05) is 25.4 Å². The highest BCUT2D eigenvalue weighted by Crippen LogP contribution is 2.05. The summed E-state index contributed by atoms with van der Waals surface area (Å²) in [5.41, 5.74) is 3.14. The normalized spacial score (nSPS) is 11.3. The molecule has 0 atom stereocenters. The molecule has 0 saturated heterocycles. The monoisotopic (exact) mass is 298 g/mol. The third-order valence-corrected chi connectivity index (χ3v) is 4.81. The van der Waals surface area contributed by atoms with E-state index < -0.39 is 8.97 Å². The van der Waals surface area contributed by atoms with Crippen LogP contribution in [0.5, 0.6) is 0 Å². The molecule has 7 heteroatoms. The van der Waals surface area contributed by atoms with Gasteiger partial charge in [-0.05, 0) is 32.9 Å². The lowest BCUT2D eigenvalue weighted by atomic mass is 10.2. The fourth-order valence-electron chi connectivity index (χ4n) is 1.60. The zero-order valence-electron chi connectivity index (χ0n) is 12.1. The SMILES string of the molecule is CCO[Si](NNC(=O)c1ccccc1)(OCC)OCC. The molecule has 1 amide bonds. The van der Waals surface area contributed by atoms with Crippen molar-refractivity contribution in [2.24, 2.45) is 0 Å². The van der Waals surface area contributed by atoms with Gasteiger partial charge in [0.2, 0.25) is 0 Å². The summed E-state index contributed by atoms with van der Waals surface area (Å²) in [6.45, 7) is 6.84. The van der Waals surface area contributed by atoms with Crippen molar-refractivity contribution >= 4 is 14.9 Å². The van der Waals surface area contributed by atoms with Gasteiger partial charge in [-0.25, -0.2) is 0 Å². The van der Waals surface area contributed by atoms with Crippen LogP contribution in [0.4, 0.5) is 0 Å². The van der Waals surface area contributed by atoms with E-state index in [4.69, 9.17) is 13.3 Å². The van der Waals surface area contributed by atoms with Crippen LogP contribution >= 0.6 is 0 Å². The molecule has 0 saturated carbocycles. The van der Waals surface area contributed by atoms with Crippen molar-refractivity contribution in [2.45, 2.75) is 20.8 Å². The highest BCUT2D eigenvalue weighted by molar-refractivity contribution is 6.57. The number of rotatable bonds is 9. The second-order valence-electron chi connectivity index (χ2n) is 3.80. The minimum atomic E-state index is -3.07. The second kappa shape index (κ2) is 8.83. The zero-order valence-corrected chi connectivity index (χ0v) is 13.1. The predicted octanol–water partition coefficient (Wildman–Crippen LogP) is 1.47. The molecule has 0 bridgehead atoms. The molecule has 0 aliphatic carbocycles. The molecule has 6 nitrogen and oxygen atoms in total. The molecule has 1 aromatic rings. The Bertz CT molecular complexity index is 386. The summed E-state index contributed by atoms with van der Waals surface area (Å²) in [5.74, 6) is -0.262. The lowest BCUT2D eigenvalue weighted by molar-refractivity contribution is 0.0524.